The van der Waals surface area contributed by atoms with Gasteiger partial charge in [-0.25, -0.2) is 0 Å². The molecule has 1 heterocycles. The van der Waals surface area contributed by atoms with Gasteiger partial charge in [-0.3, -0.25) is 24.1 Å². The Kier molecular flexibility index (Phi) is 3.88. The summed E-state index contributed by atoms with van der Waals surface area (Å²) in [5.41, 5.74) is 0. The predicted octanol–water partition coefficient (Wildman–Crippen LogP) is -0.729. The van der Waals surface area contributed by atoms with E-state index in [0.29, 0.717) is 11.8 Å². The molecule has 1 atom stereocenters. The Hall–Kier alpha value is -1.57. The van der Waals surface area contributed by atoms with Crippen LogP contribution in [-0.2, 0) is 14.4 Å². The first-order valence-electron chi connectivity index (χ1n) is 4.40. The average molecular weight is 246 g/mol. The zero-order chi connectivity index (χ0) is 12.3. The number of rotatable bonds is 4. The van der Waals surface area contributed by atoms with Gasteiger partial charge in [0.1, 0.15) is 11.8 Å². The van der Waals surface area contributed by atoms with E-state index in [1.165, 1.54) is 7.05 Å². The number of carboxylic acid groups (broad SMARTS) is 1. The van der Waals surface area contributed by atoms with Gasteiger partial charge in [0.15, 0.2) is 0 Å². The number of thioether (sulfide) groups is 1. The van der Waals surface area contributed by atoms with Crippen LogP contribution in [-0.4, -0.2) is 51.9 Å². The molecule has 0 aromatic rings. The van der Waals surface area contributed by atoms with Crippen molar-refractivity contribution in [2.45, 2.75) is 11.7 Å². The van der Waals surface area contributed by atoms with Crippen LogP contribution in [0.15, 0.2) is 0 Å². The summed E-state index contributed by atoms with van der Waals surface area (Å²) in [6, 6.07) is 0. The second-order valence-corrected chi connectivity index (χ2v) is 4.22. The number of imide groups is 1. The van der Waals surface area contributed by atoms with Gasteiger partial charge in [0, 0.05) is 7.05 Å². The molecule has 0 aromatic heterocycles. The molecule has 0 aliphatic carbocycles. The average Bonchev–Trinajstić information content (AvgIpc) is 2.45. The van der Waals surface area contributed by atoms with Gasteiger partial charge >= 0.3 is 5.97 Å². The lowest BCUT2D eigenvalue weighted by atomic mass is 10.2. The summed E-state index contributed by atoms with van der Waals surface area (Å²) in [5, 5.41) is 9.29. The second kappa shape index (κ2) is 4.97. The summed E-state index contributed by atoms with van der Waals surface area (Å²) in [6.07, 6.45) is -0.417. The van der Waals surface area contributed by atoms with E-state index in [1.807, 2.05) is 0 Å². The number of amides is 3. The molecule has 0 aromatic carbocycles. The van der Waals surface area contributed by atoms with Crippen molar-refractivity contribution in [1.29, 1.82) is 0 Å². The Morgan fingerprint density at radius 1 is 1.50 bits per heavy atom. The van der Waals surface area contributed by atoms with Crippen molar-refractivity contribution in [1.82, 2.24) is 10.2 Å². The number of aliphatic carboxylic acids is 1. The van der Waals surface area contributed by atoms with Crippen molar-refractivity contribution in [3.8, 4) is 0 Å². The minimum absolute atomic E-state index is 0.364. The van der Waals surface area contributed by atoms with Gasteiger partial charge < -0.3 is 10.4 Å². The number of hydrogen-bond donors (Lipinski definition) is 2. The van der Waals surface area contributed by atoms with Gasteiger partial charge in [-0.15, -0.1) is 0 Å². The van der Waals surface area contributed by atoms with Crippen LogP contribution in [0.2, 0.25) is 0 Å². The smallest absolute Gasteiger partial charge is 0.305 e. The molecule has 1 aliphatic rings. The van der Waals surface area contributed by atoms with E-state index >= 15 is 0 Å². The van der Waals surface area contributed by atoms with Crippen molar-refractivity contribution >= 4 is 34.8 Å². The van der Waals surface area contributed by atoms with Gasteiger partial charge in [0.25, 0.3) is 5.24 Å². The minimum atomic E-state index is -1.15. The van der Waals surface area contributed by atoms with E-state index in [0.717, 1.165) is 4.90 Å². The second-order valence-electron chi connectivity index (χ2n) is 3.07. The van der Waals surface area contributed by atoms with Crippen molar-refractivity contribution in [3.63, 3.8) is 0 Å². The number of hydrogen-bond acceptors (Lipinski definition) is 5. The maximum atomic E-state index is 11.5. The lowest BCUT2D eigenvalue weighted by Crippen LogP contribution is -2.40. The molecule has 2 N–H and O–H groups in total. The maximum Gasteiger partial charge on any atom is 0.305 e. The quantitative estimate of drug-likeness (QED) is 0.677. The Morgan fingerprint density at radius 2 is 2.12 bits per heavy atom. The lowest BCUT2D eigenvalue weighted by molar-refractivity contribution is -0.139. The maximum absolute atomic E-state index is 11.5. The molecule has 88 valence electrons. The molecule has 3 amide bonds. The Bertz CT molecular complexity index is 356. The first-order valence-corrected chi connectivity index (χ1v) is 5.28. The molecule has 0 radical (unpaired) electrons. The van der Waals surface area contributed by atoms with E-state index in [1.54, 1.807) is 0 Å². The highest BCUT2D eigenvalue weighted by Gasteiger charge is 2.41. The number of nitrogens with zero attached hydrogens (tertiary/aromatic N) is 1. The van der Waals surface area contributed by atoms with Crippen LogP contribution in [0.25, 0.3) is 0 Å². The van der Waals surface area contributed by atoms with Crippen molar-refractivity contribution in [2.24, 2.45) is 0 Å². The van der Waals surface area contributed by atoms with Crippen LogP contribution in [0.3, 0.4) is 0 Å². The first-order chi connectivity index (χ1) is 7.45. The highest BCUT2D eigenvalue weighted by Crippen LogP contribution is 2.28. The number of carboxylic acids is 1. The Balaban J connectivity index is 2.67. The van der Waals surface area contributed by atoms with Crippen molar-refractivity contribution < 1.29 is 24.3 Å². The van der Waals surface area contributed by atoms with Gasteiger partial charge in [-0.2, -0.15) is 0 Å². The topological polar surface area (TPSA) is 104 Å². The molecular weight excluding hydrogens is 236 g/mol. The highest BCUT2D eigenvalue weighted by molar-refractivity contribution is 8.15. The highest BCUT2D eigenvalue weighted by atomic mass is 32.2. The monoisotopic (exact) mass is 246 g/mol. The van der Waals surface area contributed by atoms with E-state index in [-0.39, 0.29) is 6.54 Å². The number of nitrogens with one attached hydrogen (secondary N) is 1. The van der Waals surface area contributed by atoms with Gasteiger partial charge in [-0.05, 0) is 0 Å². The van der Waals surface area contributed by atoms with Gasteiger partial charge in [-0.1, -0.05) is 11.8 Å². The molecule has 1 rings (SSSR count). The molecule has 7 nitrogen and oxygen atoms in total. The summed E-state index contributed by atoms with van der Waals surface area (Å²) in [4.78, 5) is 45.1. The summed E-state index contributed by atoms with van der Waals surface area (Å²) in [7, 11) is 1.38. The molecule has 0 saturated carbocycles. The van der Waals surface area contributed by atoms with Crippen LogP contribution in [0.1, 0.15) is 6.42 Å². The lowest BCUT2D eigenvalue weighted by Gasteiger charge is -2.11. The summed E-state index contributed by atoms with van der Waals surface area (Å²) < 4.78 is 0. The van der Waals surface area contributed by atoms with Crippen LogP contribution in [0.4, 0.5) is 4.79 Å². The Morgan fingerprint density at radius 3 is 2.62 bits per heavy atom. The van der Waals surface area contributed by atoms with Crippen LogP contribution >= 0.6 is 11.8 Å². The molecule has 1 saturated heterocycles. The predicted molar refractivity (Wildman–Crippen MR) is 54.8 cm³/mol. The molecule has 1 unspecified atom stereocenters. The largest absolute Gasteiger partial charge is 0.481 e. The fourth-order valence-electron chi connectivity index (χ4n) is 1.15. The third-order valence-electron chi connectivity index (χ3n) is 1.95. The van der Waals surface area contributed by atoms with E-state index in [2.05, 4.69) is 5.32 Å². The van der Waals surface area contributed by atoms with Crippen molar-refractivity contribution in [3.05, 3.63) is 0 Å². The fraction of sp³-hybridized carbons (Fsp3) is 0.500. The van der Waals surface area contributed by atoms with Crippen molar-refractivity contribution in [2.75, 3.05) is 13.6 Å². The van der Waals surface area contributed by atoms with E-state index in [9.17, 15) is 19.2 Å². The first kappa shape index (κ1) is 12.5. The van der Waals surface area contributed by atoms with Gasteiger partial charge in [0.2, 0.25) is 11.8 Å². The summed E-state index contributed by atoms with van der Waals surface area (Å²) in [6.45, 7) is -0.364. The Labute approximate surface area is 95.2 Å². The van der Waals surface area contributed by atoms with E-state index < -0.39 is 34.7 Å². The molecule has 0 bridgehead atoms. The third kappa shape index (κ3) is 2.72. The van der Waals surface area contributed by atoms with Crippen LogP contribution in [0, 0.1) is 0 Å². The van der Waals surface area contributed by atoms with E-state index in [4.69, 9.17) is 5.11 Å². The standard InChI is InChI=1S/C8H10N2O5S/c1-9-5(11)3-10-7(14)4(2-6(12)13)16-8(10)15/h4H,2-3H2,1H3,(H,9,11)(H,12,13). The zero-order valence-electron chi connectivity index (χ0n) is 8.43. The number of likely N-dealkylation sites (N-methyl/N-ethyl adjacent to an activating group) is 1. The molecule has 8 heteroatoms. The molecule has 0 spiro atoms. The third-order valence-corrected chi connectivity index (χ3v) is 3.02. The zero-order valence-corrected chi connectivity index (χ0v) is 9.24. The molecule has 1 fully saturated rings. The SMILES string of the molecule is CNC(=O)CN1C(=O)SC(CC(=O)O)C1=O. The van der Waals surface area contributed by atoms with Crippen LogP contribution in [0.5, 0.6) is 0 Å². The van der Waals surface area contributed by atoms with Crippen LogP contribution < -0.4 is 5.32 Å². The van der Waals surface area contributed by atoms with Gasteiger partial charge in [0.05, 0.1) is 6.42 Å². The molecule has 1 aliphatic heterocycles. The summed E-state index contributed by atoms with van der Waals surface area (Å²) >= 11 is 0.639. The fourth-order valence-corrected chi connectivity index (χ4v) is 2.13. The molecular formula is C8H10N2O5S. The minimum Gasteiger partial charge on any atom is -0.481 e. The molecule has 16 heavy (non-hydrogen) atoms. The number of carbonyl (C=O) groups excluding carboxylic acids is 3. The number of carbonyl (C=O) groups is 4. The normalized spacial score (nSPS) is 20.1. The summed E-state index contributed by atoms with van der Waals surface area (Å²) in [5.74, 6) is -2.25.